The zero-order chi connectivity index (χ0) is 18.4. The highest BCUT2D eigenvalue weighted by Crippen LogP contribution is 2.46. The molecule has 1 unspecified atom stereocenters. The van der Waals surface area contributed by atoms with Crippen molar-refractivity contribution in [2.75, 3.05) is 0 Å². The van der Waals surface area contributed by atoms with E-state index in [4.69, 9.17) is 0 Å². The van der Waals surface area contributed by atoms with Crippen molar-refractivity contribution in [3.05, 3.63) is 59.2 Å². The summed E-state index contributed by atoms with van der Waals surface area (Å²) in [7, 11) is 0. The zero-order valence-corrected chi connectivity index (χ0v) is 15.5. The second-order valence-electron chi connectivity index (χ2n) is 8.12. The summed E-state index contributed by atoms with van der Waals surface area (Å²) in [5.41, 5.74) is 6.96. The number of carbonyl (C=O) groups is 1. The number of aromatic nitrogens is 1. The maximum Gasteiger partial charge on any atom is 0.150 e. The monoisotopic (exact) mass is 359 g/mol. The van der Waals surface area contributed by atoms with Gasteiger partial charge in [0.25, 0.3) is 0 Å². The minimum absolute atomic E-state index is 0.415. The molecule has 2 aromatic carbocycles. The van der Waals surface area contributed by atoms with E-state index >= 15 is 0 Å². The largest absolute Gasteiger partial charge is 0.391 e. The minimum Gasteiger partial charge on any atom is -0.391 e. The zero-order valence-electron chi connectivity index (χ0n) is 15.5. The van der Waals surface area contributed by atoms with Gasteiger partial charge in [0.1, 0.15) is 6.29 Å². The van der Waals surface area contributed by atoms with Crippen LogP contribution in [0.4, 0.5) is 0 Å². The maximum atomic E-state index is 11.4. The number of carbonyl (C=O) groups excluding carboxylic acids is 1. The second-order valence-corrected chi connectivity index (χ2v) is 8.12. The van der Waals surface area contributed by atoms with Crippen LogP contribution in [0.3, 0.4) is 0 Å². The molecule has 1 N–H and O–H groups in total. The third-order valence-electron chi connectivity index (χ3n) is 6.40. The third-order valence-corrected chi connectivity index (χ3v) is 6.40. The standard InChI is InChI=1S/C24H25NO2/c26-15-16-10-11-21-22(12-16)25-14-19(27)13-18-8-4-5-9-20(18)24(25)23(21)17-6-2-1-3-7-17/h4-5,8-12,15,17,19,27H,1-3,6-7,13-14H2. The molecule has 138 valence electrons. The molecule has 5 rings (SSSR count). The van der Waals surface area contributed by atoms with Gasteiger partial charge in [0, 0.05) is 35.0 Å². The quantitative estimate of drug-likeness (QED) is 0.648. The molecular formula is C24H25NO2. The lowest BCUT2D eigenvalue weighted by molar-refractivity contribution is 0.112. The van der Waals surface area contributed by atoms with Gasteiger partial charge in [0.2, 0.25) is 0 Å². The number of aliphatic hydroxyl groups excluding tert-OH is 1. The predicted molar refractivity (Wildman–Crippen MR) is 108 cm³/mol. The third kappa shape index (κ3) is 2.72. The molecule has 1 atom stereocenters. The maximum absolute atomic E-state index is 11.4. The number of hydrogen-bond acceptors (Lipinski definition) is 2. The molecule has 3 nitrogen and oxygen atoms in total. The Labute approximate surface area is 159 Å². The van der Waals surface area contributed by atoms with Gasteiger partial charge in [-0.3, -0.25) is 4.79 Å². The van der Waals surface area contributed by atoms with Crippen LogP contribution < -0.4 is 0 Å². The van der Waals surface area contributed by atoms with Gasteiger partial charge in [-0.15, -0.1) is 0 Å². The molecule has 0 radical (unpaired) electrons. The Kier molecular flexibility index (Phi) is 4.13. The van der Waals surface area contributed by atoms with Crippen LogP contribution in [0.25, 0.3) is 22.2 Å². The Morgan fingerprint density at radius 1 is 1.04 bits per heavy atom. The molecule has 0 amide bonds. The lowest BCUT2D eigenvalue weighted by Gasteiger charge is -2.23. The van der Waals surface area contributed by atoms with E-state index in [0.717, 1.165) is 11.8 Å². The summed E-state index contributed by atoms with van der Waals surface area (Å²) in [6, 6.07) is 14.6. The topological polar surface area (TPSA) is 42.2 Å². The van der Waals surface area contributed by atoms with Crippen LogP contribution in [0, 0.1) is 0 Å². The molecule has 2 aliphatic rings. The van der Waals surface area contributed by atoms with Crippen LogP contribution in [-0.2, 0) is 13.0 Å². The fourth-order valence-corrected chi connectivity index (χ4v) is 5.21. The summed E-state index contributed by atoms with van der Waals surface area (Å²) in [4.78, 5) is 11.4. The summed E-state index contributed by atoms with van der Waals surface area (Å²) >= 11 is 0. The van der Waals surface area contributed by atoms with Crippen molar-refractivity contribution in [2.45, 2.75) is 57.1 Å². The highest BCUT2D eigenvalue weighted by atomic mass is 16.3. The van der Waals surface area contributed by atoms with Crippen LogP contribution in [0.2, 0.25) is 0 Å². The lowest BCUT2D eigenvalue weighted by atomic mass is 9.81. The van der Waals surface area contributed by atoms with Gasteiger partial charge in [-0.2, -0.15) is 0 Å². The van der Waals surface area contributed by atoms with Crippen molar-refractivity contribution in [3.63, 3.8) is 0 Å². The lowest BCUT2D eigenvalue weighted by Crippen LogP contribution is -2.16. The summed E-state index contributed by atoms with van der Waals surface area (Å²) in [5.74, 6) is 0.558. The first-order chi connectivity index (χ1) is 13.3. The van der Waals surface area contributed by atoms with E-state index in [2.05, 4.69) is 34.9 Å². The van der Waals surface area contributed by atoms with E-state index in [1.54, 1.807) is 0 Å². The first-order valence-corrected chi connectivity index (χ1v) is 10.1. The van der Waals surface area contributed by atoms with Crippen LogP contribution >= 0.6 is 0 Å². The van der Waals surface area contributed by atoms with Gasteiger partial charge in [0.15, 0.2) is 0 Å². The van der Waals surface area contributed by atoms with E-state index in [0.29, 0.717) is 24.4 Å². The van der Waals surface area contributed by atoms with E-state index < -0.39 is 6.10 Å². The molecule has 0 spiro atoms. The van der Waals surface area contributed by atoms with E-state index in [9.17, 15) is 9.90 Å². The van der Waals surface area contributed by atoms with Crippen molar-refractivity contribution >= 4 is 17.2 Å². The van der Waals surface area contributed by atoms with Crippen molar-refractivity contribution in [2.24, 2.45) is 0 Å². The fourth-order valence-electron chi connectivity index (χ4n) is 5.21. The summed E-state index contributed by atoms with van der Waals surface area (Å²) in [6.07, 6.45) is 7.54. The van der Waals surface area contributed by atoms with Crippen LogP contribution in [0.5, 0.6) is 0 Å². The number of rotatable bonds is 2. The van der Waals surface area contributed by atoms with E-state index in [1.807, 2.05) is 12.1 Å². The summed E-state index contributed by atoms with van der Waals surface area (Å²) < 4.78 is 2.28. The molecule has 3 heteroatoms. The molecule has 1 aromatic heterocycles. The van der Waals surface area contributed by atoms with Crippen molar-refractivity contribution in [3.8, 4) is 11.3 Å². The van der Waals surface area contributed by atoms with Crippen LogP contribution in [0.1, 0.15) is 59.5 Å². The number of nitrogens with zero attached hydrogens (tertiary/aromatic N) is 1. The van der Waals surface area contributed by atoms with Crippen molar-refractivity contribution in [1.29, 1.82) is 0 Å². The average Bonchev–Trinajstić information content (AvgIpc) is 2.93. The van der Waals surface area contributed by atoms with Crippen molar-refractivity contribution in [1.82, 2.24) is 4.57 Å². The Hall–Kier alpha value is -2.39. The molecule has 1 aliphatic heterocycles. The number of aldehydes is 1. The van der Waals surface area contributed by atoms with Crippen molar-refractivity contribution < 1.29 is 9.90 Å². The molecule has 2 heterocycles. The molecule has 1 fully saturated rings. The normalized spacial score (nSPS) is 20.1. The first kappa shape index (κ1) is 16.8. The Balaban J connectivity index is 1.86. The number of hydrogen-bond donors (Lipinski definition) is 1. The molecule has 0 bridgehead atoms. The number of fused-ring (bicyclic) bond motifs is 5. The van der Waals surface area contributed by atoms with Gasteiger partial charge < -0.3 is 9.67 Å². The van der Waals surface area contributed by atoms with Gasteiger partial charge >= 0.3 is 0 Å². The smallest absolute Gasteiger partial charge is 0.150 e. The average molecular weight is 359 g/mol. The Morgan fingerprint density at radius 2 is 1.85 bits per heavy atom. The molecule has 3 aromatic rings. The van der Waals surface area contributed by atoms with Crippen LogP contribution in [-0.4, -0.2) is 22.1 Å². The Morgan fingerprint density at radius 3 is 2.67 bits per heavy atom. The molecular weight excluding hydrogens is 334 g/mol. The molecule has 27 heavy (non-hydrogen) atoms. The fraction of sp³-hybridized carbons (Fsp3) is 0.375. The minimum atomic E-state index is -0.415. The SMILES string of the molecule is O=Cc1ccc2c(C3CCCCC3)c3n(c2c1)CC(O)Cc1ccccc1-3. The number of benzene rings is 2. The summed E-state index contributed by atoms with van der Waals surface area (Å²) in [6.45, 7) is 0.579. The molecule has 1 saturated carbocycles. The second kappa shape index (κ2) is 6.65. The van der Waals surface area contributed by atoms with Gasteiger partial charge in [-0.05, 0) is 36.0 Å². The first-order valence-electron chi connectivity index (χ1n) is 10.1. The predicted octanol–water partition coefficient (Wildman–Crippen LogP) is 5.09. The Bertz CT molecular complexity index is 1010. The molecule has 0 saturated heterocycles. The van der Waals surface area contributed by atoms with Gasteiger partial charge in [0.05, 0.1) is 11.8 Å². The highest BCUT2D eigenvalue weighted by molar-refractivity contribution is 5.96. The van der Waals surface area contributed by atoms with Gasteiger partial charge in [-0.1, -0.05) is 55.7 Å². The molecule has 1 aliphatic carbocycles. The van der Waals surface area contributed by atoms with Crippen LogP contribution in [0.15, 0.2) is 42.5 Å². The van der Waals surface area contributed by atoms with E-state index in [1.165, 1.54) is 59.9 Å². The van der Waals surface area contributed by atoms with Gasteiger partial charge in [-0.25, -0.2) is 0 Å². The summed E-state index contributed by atoms with van der Waals surface area (Å²) in [5, 5.41) is 12.0. The van der Waals surface area contributed by atoms with E-state index in [-0.39, 0.29) is 0 Å². The highest BCUT2D eigenvalue weighted by Gasteiger charge is 2.30. The number of aliphatic hydroxyl groups is 1.